The Bertz CT molecular complexity index is 1190. The maximum Gasteiger partial charge on any atom is 0.258 e. The van der Waals surface area contributed by atoms with Gasteiger partial charge in [-0.1, -0.05) is 30.3 Å². The summed E-state index contributed by atoms with van der Waals surface area (Å²) in [5.74, 6) is -0.265. The maximum atomic E-state index is 13.9. The average molecular weight is 398 g/mol. The van der Waals surface area contributed by atoms with Crippen molar-refractivity contribution < 1.29 is 13.9 Å². The van der Waals surface area contributed by atoms with Crippen molar-refractivity contribution in [3.63, 3.8) is 0 Å². The highest BCUT2D eigenvalue weighted by Gasteiger charge is 2.12. The molecule has 0 saturated heterocycles. The van der Waals surface area contributed by atoms with E-state index in [4.69, 9.17) is 9.72 Å². The van der Waals surface area contributed by atoms with Crippen LogP contribution >= 0.6 is 0 Å². The van der Waals surface area contributed by atoms with Crippen LogP contribution in [0.4, 0.5) is 10.1 Å². The number of hydrogen-bond acceptors (Lipinski definition) is 3. The Morgan fingerprint density at radius 1 is 0.833 bits per heavy atom. The lowest BCUT2D eigenvalue weighted by atomic mass is 10.1. The number of benzene rings is 3. The standard InChI is InChI=1S/C25H19FN2O2/c1-30-20-14-12-17(13-15-20)23-10-5-11-24(28-23)18-6-4-7-19(16-18)27-25(29)21-8-2-3-9-22(21)26/h2-16H,1H3,(H,27,29). The number of nitrogens with zero attached hydrogens (tertiary/aromatic N) is 1. The Morgan fingerprint density at radius 3 is 2.27 bits per heavy atom. The van der Waals surface area contributed by atoms with Crippen LogP contribution in [0.3, 0.4) is 0 Å². The number of amides is 1. The summed E-state index contributed by atoms with van der Waals surface area (Å²) in [5, 5.41) is 2.75. The van der Waals surface area contributed by atoms with Gasteiger partial charge in [-0.15, -0.1) is 0 Å². The first-order chi connectivity index (χ1) is 14.6. The van der Waals surface area contributed by atoms with Crippen molar-refractivity contribution in [1.82, 2.24) is 4.98 Å². The zero-order chi connectivity index (χ0) is 20.9. The van der Waals surface area contributed by atoms with E-state index in [1.807, 2.05) is 60.7 Å². The number of methoxy groups -OCH3 is 1. The third-order valence-corrected chi connectivity index (χ3v) is 4.67. The first-order valence-electron chi connectivity index (χ1n) is 9.42. The lowest BCUT2D eigenvalue weighted by Gasteiger charge is -2.09. The van der Waals surface area contributed by atoms with E-state index in [1.54, 1.807) is 25.3 Å². The number of nitrogens with one attached hydrogen (secondary N) is 1. The van der Waals surface area contributed by atoms with Gasteiger partial charge >= 0.3 is 0 Å². The molecule has 0 fully saturated rings. The molecule has 0 aliphatic rings. The van der Waals surface area contributed by atoms with Crippen molar-refractivity contribution in [3.05, 3.63) is 102 Å². The van der Waals surface area contributed by atoms with E-state index in [2.05, 4.69) is 5.32 Å². The van der Waals surface area contributed by atoms with Crippen molar-refractivity contribution >= 4 is 11.6 Å². The van der Waals surface area contributed by atoms with E-state index >= 15 is 0 Å². The lowest BCUT2D eigenvalue weighted by Crippen LogP contribution is -2.13. The molecular formula is C25H19FN2O2. The second-order valence-electron chi connectivity index (χ2n) is 6.65. The van der Waals surface area contributed by atoms with Crippen LogP contribution < -0.4 is 10.1 Å². The van der Waals surface area contributed by atoms with E-state index in [0.717, 1.165) is 28.3 Å². The average Bonchev–Trinajstić information content (AvgIpc) is 2.79. The molecule has 0 aliphatic heterocycles. The number of ether oxygens (including phenoxy) is 1. The normalized spacial score (nSPS) is 10.5. The molecule has 0 aliphatic carbocycles. The van der Waals surface area contributed by atoms with Gasteiger partial charge in [0.2, 0.25) is 0 Å². The molecule has 0 unspecified atom stereocenters. The highest BCUT2D eigenvalue weighted by molar-refractivity contribution is 6.04. The highest BCUT2D eigenvalue weighted by Crippen LogP contribution is 2.26. The second-order valence-corrected chi connectivity index (χ2v) is 6.65. The highest BCUT2D eigenvalue weighted by atomic mass is 19.1. The first kappa shape index (κ1) is 19.3. The van der Waals surface area contributed by atoms with E-state index < -0.39 is 11.7 Å². The van der Waals surface area contributed by atoms with Crippen molar-refractivity contribution in [2.75, 3.05) is 12.4 Å². The van der Waals surface area contributed by atoms with Gasteiger partial charge in [0, 0.05) is 16.8 Å². The Kier molecular flexibility index (Phi) is 5.52. The van der Waals surface area contributed by atoms with Crippen molar-refractivity contribution in [3.8, 4) is 28.3 Å². The SMILES string of the molecule is COc1ccc(-c2cccc(-c3cccc(NC(=O)c4ccccc4F)c3)n2)cc1. The van der Waals surface area contributed by atoms with E-state index in [1.165, 1.54) is 12.1 Å². The summed E-state index contributed by atoms with van der Waals surface area (Å²) in [6, 6.07) is 26.7. The van der Waals surface area contributed by atoms with Crippen LogP contribution in [0, 0.1) is 5.82 Å². The molecule has 30 heavy (non-hydrogen) atoms. The van der Waals surface area contributed by atoms with Gasteiger partial charge < -0.3 is 10.1 Å². The van der Waals surface area contributed by atoms with Crippen molar-refractivity contribution in [2.45, 2.75) is 0 Å². The zero-order valence-corrected chi connectivity index (χ0v) is 16.3. The number of aromatic nitrogens is 1. The van der Waals surface area contributed by atoms with Crippen LogP contribution in [-0.4, -0.2) is 18.0 Å². The fourth-order valence-corrected chi connectivity index (χ4v) is 3.12. The van der Waals surface area contributed by atoms with Gasteiger partial charge in [0.05, 0.1) is 24.1 Å². The van der Waals surface area contributed by atoms with Gasteiger partial charge in [-0.3, -0.25) is 4.79 Å². The van der Waals surface area contributed by atoms with Gasteiger partial charge in [-0.2, -0.15) is 0 Å². The van der Waals surface area contributed by atoms with Crippen LogP contribution in [0.5, 0.6) is 5.75 Å². The predicted octanol–water partition coefficient (Wildman–Crippen LogP) is 5.82. The Morgan fingerprint density at radius 2 is 1.53 bits per heavy atom. The predicted molar refractivity (Wildman–Crippen MR) is 116 cm³/mol. The fourth-order valence-electron chi connectivity index (χ4n) is 3.12. The molecule has 5 heteroatoms. The summed E-state index contributed by atoms with van der Waals surface area (Å²) < 4.78 is 19.1. The van der Waals surface area contributed by atoms with Crippen LogP contribution in [0.2, 0.25) is 0 Å². The number of hydrogen-bond donors (Lipinski definition) is 1. The molecule has 4 rings (SSSR count). The third-order valence-electron chi connectivity index (χ3n) is 4.67. The summed E-state index contributed by atoms with van der Waals surface area (Å²) in [6.07, 6.45) is 0. The molecule has 1 amide bonds. The smallest absolute Gasteiger partial charge is 0.258 e. The van der Waals surface area contributed by atoms with Gasteiger partial charge in [0.25, 0.3) is 5.91 Å². The minimum Gasteiger partial charge on any atom is -0.497 e. The molecule has 4 nitrogen and oxygen atoms in total. The second kappa shape index (κ2) is 8.57. The van der Waals surface area contributed by atoms with Crippen LogP contribution in [0.25, 0.3) is 22.5 Å². The van der Waals surface area contributed by atoms with Crippen LogP contribution in [0.1, 0.15) is 10.4 Å². The minimum absolute atomic E-state index is 0.00234. The molecule has 0 radical (unpaired) electrons. The molecule has 3 aromatic carbocycles. The van der Waals surface area contributed by atoms with Crippen LogP contribution in [-0.2, 0) is 0 Å². The Hall–Kier alpha value is -3.99. The molecule has 1 heterocycles. The monoisotopic (exact) mass is 398 g/mol. The molecule has 0 bridgehead atoms. The van der Waals surface area contributed by atoms with Gasteiger partial charge in [0.15, 0.2) is 0 Å². The molecule has 1 aromatic heterocycles. The molecule has 0 atom stereocenters. The molecule has 1 N–H and O–H groups in total. The lowest BCUT2D eigenvalue weighted by molar-refractivity contribution is 0.102. The summed E-state index contributed by atoms with van der Waals surface area (Å²) in [7, 11) is 1.63. The van der Waals surface area contributed by atoms with Gasteiger partial charge in [-0.05, 0) is 60.7 Å². The quantitative estimate of drug-likeness (QED) is 0.461. The summed E-state index contributed by atoms with van der Waals surface area (Å²) in [4.78, 5) is 17.1. The number of rotatable bonds is 5. The van der Waals surface area contributed by atoms with Gasteiger partial charge in [-0.25, -0.2) is 9.37 Å². The number of carbonyl (C=O) groups is 1. The molecule has 0 saturated carbocycles. The summed E-state index contributed by atoms with van der Waals surface area (Å²) >= 11 is 0. The maximum absolute atomic E-state index is 13.9. The Balaban J connectivity index is 1.59. The topological polar surface area (TPSA) is 51.2 Å². The number of carbonyl (C=O) groups excluding carboxylic acids is 1. The largest absolute Gasteiger partial charge is 0.497 e. The van der Waals surface area contributed by atoms with E-state index in [9.17, 15) is 9.18 Å². The molecule has 4 aromatic rings. The van der Waals surface area contributed by atoms with Crippen LogP contribution in [0.15, 0.2) is 91.0 Å². The first-order valence-corrected chi connectivity index (χ1v) is 9.42. The van der Waals surface area contributed by atoms with E-state index in [-0.39, 0.29) is 5.56 Å². The molecule has 148 valence electrons. The number of halogens is 1. The van der Waals surface area contributed by atoms with Crippen molar-refractivity contribution in [1.29, 1.82) is 0 Å². The summed E-state index contributed by atoms with van der Waals surface area (Å²) in [5.41, 5.74) is 3.99. The molecular weight excluding hydrogens is 379 g/mol. The van der Waals surface area contributed by atoms with E-state index in [0.29, 0.717) is 5.69 Å². The Labute approximate surface area is 174 Å². The number of anilines is 1. The summed E-state index contributed by atoms with van der Waals surface area (Å²) in [6.45, 7) is 0. The van der Waals surface area contributed by atoms with Gasteiger partial charge in [0.1, 0.15) is 11.6 Å². The number of pyridine rings is 1. The fraction of sp³-hybridized carbons (Fsp3) is 0.0400. The third kappa shape index (κ3) is 4.20. The molecule has 0 spiro atoms. The van der Waals surface area contributed by atoms with Crippen molar-refractivity contribution in [2.24, 2.45) is 0 Å². The minimum atomic E-state index is -0.556. The zero-order valence-electron chi connectivity index (χ0n) is 16.3.